The quantitative estimate of drug-likeness (QED) is 0.881. The second-order valence-corrected chi connectivity index (χ2v) is 5.56. The van der Waals surface area contributed by atoms with Crippen molar-refractivity contribution in [1.29, 1.82) is 0 Å². The van der Waals surface area contributed by atoms with Crippen molar-refractivity contribution in [2.45, 2.75) is 6.54 Å². The number of amides is 2. The Bertz CT molecular complexity index is 712. The Labute approximate surface area is 139 Å². The number of rotatable bonds is 5. The minimum absolute atomic E-state index is 0.0472. The standard InChI is InChI=1S/C17H18N4O3/c1-24-14-4-2-12(3-5-14)8-20-16(22)13-10-21(11-13)17(23)15-9-18-6-7-19-15/h2-7,9,13H,8,10-11H2,1H3,(H,20,22). The van der Waals surface area contributed by atoms with Crippen LogP contribution in [-0.4, -0.2) is 46.9 Å². The highest BCUT2D eigenvalue weighted by Crippen LogP contribution is 2.18. The van der Waals surface area contributed by atoms with Crippen molar-refractivity contribution in [3.63, 3.8) is 0 Å². The van der Waals surface area contributed by atoms with Crippen molar-refractivity contribution < 1.29 is 14.3 Å². The van der Waals surface area contributed by atoms with Crippen LogP contribution in [0.5, 0.6) is 5.75 Å². The van der Waals surface area contributed by atoms with Gasteiger partial charge in [-0.25, -0.2) is 4.98 Å². The summed E-state index contributed by atoms with van der Waals surface area (Å²) in [6, 6.07) is 7.52. The number of hydrogen-bond acceptors (Lipinski definition) is 5. The summed E-state index contributed by atoms with van der Waals surface area (Å²) in [6.45, 7) is 1.27. The van der Waals surface area contributed by atoms with Gasteiger partial charge in [-0.2, -0.15) is 0 Å². The van der Waals surface area contributed by atoms with Gasteiger partial charge in [0.15, 0.2) is 0 Å². The first kappa shape index (κ1) is 15.9. The number of hydrogen-bond donors (Lipinski definition) is 1. The van der Waals surface area contributed by atoms with Crippen molar-refractivity contribution in [1.82, 2.24) is 20.2 Å². The van der Waals surface area contributed by atoms with Crippen LogP contribution in [-0.2, 0) is 11.3 Å². The minimum atomic E-state index is -0.192. The number of benzene rings is 1. The van der Waals surface area contributed by atoms with Gasteiger partial charge in [0, 0.05) is 32.0 Å². The Kier molecular flexibility index (Phi) is 4.69. The van der Waals surface area contributed by atoms with E-state index in [0.29, 0.717) is 25.3 Å². The number of likely N-dealkylation sites (tertiary alicyclic amines) is 1. The number of aromatic nitrogens is 2. The van der Waals surface area contributed by atoms with Gasteiger partial charge in [-0.1, -0.05) is 12.1 Å². The van der Waals surface area contributed by atoms with Crippen LogP contribution < -0.4 is 10.1 Å². The molecular weight excluding hydrogens is 308 g/mol. The third-order valence-electron chi connectivity index (χ3n) is 3.95. The number of methoxy groups -OCH3 is 1. The Morgan fingerprint density at radius 3 is 2.62 bits per heavy atom. The van der Waals surface area contributed by atoms with E-state index in [4.69, 9.17) is 4.74 Å². The predicted molar refractivity (Wildman–Crippen MR) is 86.3 cm³/mol. The van der Waals surface area contributed by atoms with E-state index >= 15 is 0 Å². The van der Waals surface area contributed by atoms with Gasteiger partial charge in [-0.15, -0.1) is 0 Å². The van der Waals surface area contributed by atoms with E-state index in [1.165, 1.54) is 18.6 Å². The van der Waals surface area contributed by atoms with Crippen LogP contribution in [0.3, 0.4) is 0 Å². The Hall–Kier alpha value is -2.96. The van der Waals surface area contributed by atoms with Crippen LogP contribution in [0.15, 0.2) is 42.9 Å². The first-order valence-corrected chi connectivity index (χ1v) is 7.63. The molecule has 1 N–H and O–H groups in total. The van der Waals surface area contributed by atoms with Gasteiger partial charge in [0.1, 0.15) is 11.4 Å². The molecule has 1 aromatic heterocycles. The summed E-state index contributed by atoms with van der Waals surface area (Å²) in [4.78, 5) is 33.7. The molecule has 1 saturated heterocycles. The molecule has 7 heteroatoms. The van der Waals surface area contributed by atoms with Crippen LogP contribution in [0.1, 0.15) is 16.1 Å². The van der Waals surface area contributed by atoms with Crippen LogP contribution in [0.2, 0.25) is 0 Å². The highest BCUT2D eigenvalue weighted by molar-refractivity contribution is 5.94. The zero-order chi connectivity index (χ0) is 16.9. The maximum Gasteiger partial charge on any atom is 0.274 e. The van der Waals surface area contributed by atoms with Crippen molar-refractivity contribution >= 4 is 11.8 Å². The topological polar surface area (TPSA) is 84.4 Å². The third kappa shape index (κ3) is 3.51. The van der Waals surface area contributed by atoms with Crippen molar-refractivity contribution in [2.75, 3.05) is 20.2 Å². The summed E-state index contributed by atoms with van der Waals surface area (Å²) in [5.41, 5.74) is 1.30. The van der Waals surface area contributed by atoms with Gasteiger partial charge < -0.3 is 15.0 Å². The lowest BCUT2D eigenvalue weighted by atomic mass is 9.98. The minimum Gasteiger partial charge on any atom is -0.497 e. The second kappa shape index (κ2) is 7.08. The molecule has 0 bridgehead atoms. The van der Waals surface area contributed by atoms with Crippen LogP contribution in [0.25, 0.3) is 0 Å². The lowest BCUT2D eigenvalue weighted by Gasteiger charge is -2.37. The molecule has 0 saturated carbocycles. The molecule has 24 heavy (non-hydrogen) atoms. The van der Waals surface area contributed by atoms with E-state index in [-0.39, 0.29) is 17.7 Å². The molecule has 124 valence electrons. The average Bonchev–Trinajstić information content (AvgIpc) is 2.59. The number of carbonyl (C=O) groups excluding carboxylic acids is 2. The van der Waals surface area contributed by atoms with E-state index in [0.717, 1.165) is 11.3 Å². The first-order valence-electron chi connectivity index (χ1n) is 7.63. The third-order valence-corrected chi connectivity index (χ3v) is 3.95. The zero-order valence-electron chi connectivity index (χ0n) is 13.3. The Morgan fingerprint density at radius 2 is 2.00 bits per heavy atom. The Balaban J connectivity index is 1.45. The predicted octanol–water partition coefficient (Wildman–Crippen LogP) is 0.874. The molecule has 2 aromatic rings. The average molecular weight is 326 g/mol. The summed E-state index contributed by atoms with van der Waals surface area (Å²) >= 11 is 0. The van der Waals surface area contributed by atoms with Crippen LogP contribution >= 0.6 is 0 Å². The van der Waals surface area contributed by atoms with Gasteiger partial charge in [0.25, 0.3) is 5.91 Å². The van der Waals surface area contributed by atoms with Gasteiger partial charge in [-0.3, -0.25) is 14.6 Å². The molecule has 1 aliphatic heterocycles. The fraction of sp³-hybridized carbons (Fsp3) is 0.294. The molecule has 1 aliphatic rings. The maximum absolute atomic E-state index is 12.1. The maximum atomic E-state index is 12.1. The van der Waals surface area contributed by atoms with E-state index < -0.39 is 0 Å². The van der Waals surface area contributed by atoms with E-state index in [9.17, 15) is 9.59 Å². The summed E-state index contributed by atoms with van der Waals surface area (Å²) in [7, 11) is 1.61. The van der Waals surface area contributed by atoms with Gasteiger partial charge in [0.2, 0.25) is 5.91 Å². The number of nitrogens with zero attached hydrogens (tertiary/aromatic N) is 3. The SMILES string of the molecule is COc1ccc(CNC(=O)C2CN(C(=O)c3cnccn3)C2)cc1. The largest absolute Gasteiger partial charge is 0.497 e. The molecule has 0 radical (unpaired) electrons. The zero-order valence-corrected chi connectivity index (χ0v) is 13.3. The lowest BCUT2D eigenvalue weighted by molar-refractivity contribution is -0.129. The molecule has 7 nitrogen and oxygen atoms in total. The molecule has 0 unspecified atom stereocenters. The van der Waals surface area contributed by atoms with E-state index in [1.807, 2.05) is 24.3 Å². The number of ether oxygens (including phenoxy) is 1. The normalized spacial score (nSPS) is 14.0. The fourth-order valence-electron chi connectivity index (χ4n) is 2.46. The molecule has 0 aliphatic carbocycles. The van der Waals surface area contributed by atoms with Gasteiger partial charge in [-0.05, 0) is 17.7 Å². The fourth-order valence-corrected chi connectivity index (χ4v) is 2.46. The molecule has 0 spiro atoms. The lowest BCUT2D eigenvalue weighted by Crippen LogP contribution is -2.55. The number of carbonyl (C=O) groups is 2. The summed E-state index contributed by atoms with van der Waals surface area (Å²) in [5, 5.41) is 2.89. The number of nitrogens with one attached hydrogen (secondary N) is 1. The monoisotopic (exact) mass is 326 g/mol. The molecule has 1 aromatic carbocycles. The first-order chi connectivity index (χ1) is 11.7. The van der Waals surface area contributed by atoms with E-state index in [1.54, 1.807) is 12.0 Å². The molecular formula is C17H18N4O3. The van der Waals surface area contributed by atoms with Gasteiger partial charge in [0.05, 0.1) is 19.2 Å². The summed E-state index contributed by atoms with van der Waals surface area (Å²) in [5.74, 6) is 0.363. The molecule has 3 rings (SSSR count). The highest BCUT2D eigenvalue weighted by Gasteiger charge is 2.36. The summed E-state index contributed by atoms with van der Waals surface area (Å²) in [6.07, 6.45) is 4.42. The molecule has 2 heterocycles. The van der Waals surface area contributed by atoms with Crippen LogP contribution in [0, 0.1) is 5.92 Å². The van der Waals surface area contributed by atoms with Crippen molar-refractivity contribution in [2.24, 2.45) is 5.92 Å². The smallest absolute Gasteiger partial charge is 0.274 e. The van der Waals surface area contributed by atoms with Crippen molar-refractivity contribution in [3.8, 4) is 5.75 Å². The van der Waals surface area contributed by atoms with Crippen LogP contribution in [0.4, 0.5) is 0 Å². The van der Waals surface area contributed by atoms with Gasteiger partial charge >= 0.3 is 0 Å². The highest BCUT2D eigenvalue weighted by atomic mass is 16.5. The molecule has 1 fully saturated rings. The second-order valence-electron chi connectivity index (χ2n) is 5.56. The molecule has 2 amide bonds. The van der Waals surface area contributed by atoms with Crippen molar-refractivity contribution in [3.05, 3.63) is 54.1 Å². The Morgan fingerprint density at radius 1 is 1.25 bits per heavy atom. The molecule has 0 atom stereocenters. The van der Waals surface area contributed by atoms with E-state index in [2.05, 4.69) is 15.3 Å². The summed E-state index contributed by atoms with van der Waals surface area (Å²) < 4.78 is 5.10.